The van der Waals surface area contributed by atoms with Gasteiger partial charge in [-0.2, -0.15) is 0 Å². The van der Waals surface area contributed by atoms with Gasteiger partial charge in [0.15, 0.2) is 0 Å². The summed E-state index contributed by atoms with van der Waals surface area (Å²) in [6.45, 7) is 9.35. The SMILES string of the molecule is CC1(C)c2ccccc2Oc2ccc(-c3ccc(N(c4ccc(-c5cccc(-c6ccccc6)c5)cc4)c4ccc(-c5ccc6c(c5)C(C)(C)c5cc(-c7cccc8ccccc78)ccc5-6)cc4)cc3)cc21. The quantitative estimate of drug-likeness (QED) is 0.151. The lowest BCUT2D eigenvalue weighted by atomic mass is 9.75. The Bertz CT molecular complexity index is 3860. The first-order chi connectivity index (χ1) is 35.2. The van der Waals surface area contributed by atoms with Crippen molar-refractivity contribution in [3.63, 3.8) is 0 Å². The highest BCUT2D eigenvalue weighted by Crippen LogP contribution is 2.52. The monoisotopic (exact) mass is 923 g/mol. The van der Waals surface area contributed by atoms with Crippen molar-refractivity contribution in [2.24, 2.45) is 0 Å². The van der Waals surface area contributed by atoms with Crippen LogP contribution in [-0.4, -0.2) is 0 Å². The van der Waals surface area contributed by atoms with Crippen LogP contribution < -0.4 is 9.64 Å². The fourth-order valence-corrected chi connectivity index (χ4v) is 11.5. The van der Waals surface area contributed by atoms with E-state index in [9.17, 15) is 0 Å². The van der Waals surface area contributed by atoms with E-state index in [4.69, 9.17) is 4.74 Å². The van der Waals surface area contributed by atoms with Crippen molar-refractivity contribution in [2.45, 2.75) is 38.5 Å². The zero-order chi connectivity index (χ0) is 48.6. The molecule has 2 heteroatoms. The lowest BCUT2D eigenvalue weighted by molar-refractivity contribution is 0.418. The topological polar surface area (TPSA) is 12.5 Å². The van der Waals surface area contributed by atoms with Gasteiger partial charge in [0.2, 0.25) is 0 Å². The maximum absolute atomic E-state index is 6.42. The average molecular weight is 924 g/mol. The van der Waals surface area contributed by atoms with Gasteiger partial charge in [-0.1, -0.05) is 204 Å². The number of para-hydroxylation sites is 1. The molecule has 2 aliphatic rings. The third-order valence-electron chi connectivity index (χ3n) is 15.6. The van der Waals surface area contributed by atoms with Crippen molar-refractivity contribution >= 4 is 27.8 Å². The Hall–Kier alpha value is -8.72. The van der Waals surface area contributed by atoms with E-state index in [1.165, 1.54) is 94.2 Å². The van der Waals surface area contributed by atoms with Crippen LogP contribution in [0.25, 0.3) is 77.5 Å². The lowest BCUT2D eigenvalue weighted by Gasteiger charge is -2.34. The first kappa shape index (κ1) is 43.3. The molecular formula is C70H53NO. The van der Waals surface area contributed by atoms with Crippen LogP contribution in [0.1, 0.15) is 49.9 Å². The highest BCUT2D eigenvalue weighted by Gasteiger charge is 2.37. The van der Waals surface area contributed by atoms with Crippen LogP contribution in [0.5, 0.6) is 11.5 Å². The number of rotatable bonds is 8. The summed E-state index contributed by atoms with van der Waals surface area (Å²) in [5, 5.41) is 2.55. The van der Waals surface area contributed by atoms with Gasteiger partial charge in [0, 0.05) is 39.0 Å². The van der Waals surface area contributed by atoms with Gasteiger partial charge in [-0.25, -0.2) is 0 Å². The third kappa shape index (κ3) is 7.33. The Morgan fingerprint density at radius 3 is 1.33 bits per heavy atom. The molecule has 0 spiro atoms. The van der Waals surface area contributed by atoms with E-state index >= 15 is 0 Å². The number of benzene rings is 11. The van der Waals surface area contributed by atoms with Gasteiger partial charge in [-0.3, -0.25) is 0 Å². The van der Waals surface area contributed by atoms with E-state index in [0.29, 0.717) is 0 Å². The standard InChI is InChI=1S/C70H53NO/c1-69(2)63-22-10-11-23-67(63)72-68-41-32-54(44-66(68)69)49-28-37-58(38-29-49)71(56-33-24-47(25-34-56)52-19-12-18-51(42-52)46-14-6-5-7-15-46)57-35-26-48(27-36-57)53-30-39-61-62-40-31-55(45-65(62)70(3,4)64(61)43-53)60-21-13-17-50-16-8-9-20-59(50)60/h5-45H,1-4H3. The second-order valence-corrected chi connectivity index (χ2v) is 20.5. The summed E-state index contributed by atoms with van der Waals surface area (Å²) >= 11 is 0. The van der Waals surface area contributed by atoms with Gasteiger partial charge in [0.05, 0.1) is 0 Å². The van der Waals surface area contributed by atoms with Gasteiger partial charge in [0.25, 0.3) is 0 Å². The minimum absolute atomic E-state index is 0.159. The number of anilines is 3. The Kier molecular flexibility index (Phi) is 10.2. The van der Waals surface area contributed by atoms with E-state index in [2.05, 4.69) is 275 Å². The Morgan fingerprint density at radius 2 is 0.694 bits per heavy atom. The fraction of sp³-hybridized carbons (Fsp3) is 0.0857. The Morgan fingerprint density at radius 1 is 0.278 bits per heavy atom. The highest BCUT2D eigenvalue weighted by atomic mass is 16.5. The van der Waals surface area contributed by atoms with Crippen molar-refractivity contribution in [3.8, 4) is 78.3 Å². The molecule has 1 heterocycles. The van der Waals surface area contributed by atoms with Gasteiger partial charge >= 0.3 is 0 Å². The minimum atomic E-state index is -0.193. The molecule has 1 aliphatic carbocycles. The number of fused-ring (bicyclic) bond motifs is 6. The van der Waals surface area contributed by atoms with E-state index in [0.717, 1.165) is 34.1 Å². The van der Waals surface area contributed by atoms with Gasteiger partial charge < -0.3 is 9.64 Å². The smallest absolute Gasteiger partial charge is 0.131 e. The summed E-state index contributed by atoms with van der Waals surface area (Å²) in [6, 6.07) is 91.0. The molecule has 11 aromatic rings. The molecule has 0 bridgehead atoms. The zero-order valence-electron chi connectivity index (χ0n) is 41.0. The van der Waals surface area contributed by atoms with Crippen LogP contribution in [-0.2, 0) is 10.8 Å². The Labute approximate surface area is 423 Å². The molecule has 0 aromatic heterocycles. The summed E-state index contributed by atoms with van der Waals surface area (Å²) in [7, 11) is 0. The first-order valence-electron chi connectivity index (χ1n) is 25.1. The molecule has 0 saturated carbocycles. The summed E-state index contributed by atoms with van der Waals surface area (Å²) in [5.41, 5.74) is 22.8. The van der Waals surface area contributed by atoms with Crippen LogP contribution in [0.3, 0.4) is 0 Å². The van der Waals surface area contributed by atoms with Crippen molar-refractivity contribution in [1.29, 1.82) is 0 Å². The van der Waals surface area contributed by atoms with Gasteiger partial charge in [-0.05, 0) is 161 Å². The summed E-state index contributed by atoms with van der Waals surface area (Å²) in [5.74, 6) is 1.85. The molecule has 11 aromatic carbocycles. The molecular weight excluding hydrogens is 871 g/mol. The summed E-state index contributed by atoms with van der Waals surface area (Å²) in [6.07, 6.45) is 0. The van der Waals surface area contributed by atoms with E-state index in [1.807, 2.05) is 6.07 Å². The first-order valence-corrected chi connectivity index (χ1v) is 25.1. The molecule has 13 rings (SSSR count). The molecule has 0 fully saturated rings. The molecule has 0 amide bonds. The van der Waals surface area contributed by atoms with Crippen LogP contribution in [0.15, 0.2) is 249 Å². The average Bonchev–Trinajstić information content (AvgIpc) is 3.66. The largest absolute Gasteiger partial charge is 0.457 e. The highest BCUT2D eigenvalue weighted by molar-refractivity contribution is 5.98. The van der Waals surface area contributed by atoms with Crippen LogP contribution in [0.2, 0.25) is 0 Å². The second-order valence-electron chi connectivity index (χ2n) is 20.5. The van der Waals surface area contributed by atoms with Crippen molar-refractivity contribution in [1.82, 2.24) is 0 Å². The second kappa shape index (κ2) is 17.0. The molecule has 0 radical (unpaired) electrons. The minimum Gasteiger partial charge on any atom is -0.457 e. The summed E-state index contributed by atoms with van der Waals surface area (Å²) in [4.78, 5) is 2.37. The molecule has 0 N–H and O–H groups in total. The maximum Gasteiger partial charge on any atom is 0.131 e. The van der Waals surface area contributed by atoms with Crippen molar-refractivity contribution in [2.75, 3.05) is 4.90 Å². The third-order valence-corrected chi connectivity index (χ3v) is 15.6. The predicted molar refractivity (Wildman–Crippen MR) is 302 cm³/mol. The van der Waals surface area contributed by atoms with Gasteiger partial charge in [-0.15, -0.1) is 0 Å². The lowest BCUT2D eigenvalue weighted by Crippen LogP contribution is -2.24. The molecule has 72 heavy (non-hydrogen) atoms. The number of ether oxygens (including phenoxy) is 1. The molecule has 2 nitrogen and oxygen atoms in total. The van der Waals surface area contributed by atoms with Gasteiger partial charge in [0.1, 0.15) is 11.5 Å². The molecule has 0 saturated heterocycles. The number of nitrogens with zero attached hydrogens (tertiary/aromatic N) is 1. The molecule has 1 aliphatic heterocycles. The Balaban J connectivity index is 0.834. The van der Waals surface area contributed by atoms with Crippen LogP contribution in [0.4, 0.5) is 17.1 Å². The summed E-state index contributed by atoms with van der Waals surface area (Å²) < 4.78 is 6.42. The fourth-order valence-electron chi connectivity index (χ4n) is 11.5. The van der Waals surface area contributed by atoms with Crippen molar-refractivity contribution < 1.29 is 4.74 Å². The molecule has 0 atom stereocenters. The van der Waals surface area contributed by atoms with Crippen LogP contribution >= 0.6 is 0 Å². The molecule has 344 valence electrons. The number of hydrogen-bond acceptors (Lipinski definition) is 2. The van der Waals surface area contributed by atoms with Crippen LogP contribution in [0, 0.1) is 0 Å². The predicted octanol–water partition coefficient (Wildman–Crippen LogP) is 19.4. The van der Waals surface area contributed by atoms with Crippen molar-refractivity contribution in [3.05, 3.63) is 271 Å². The van der Waals surface area contributed by atoms with E-state index in [1.54, 1.807) is 0 Å². The maximum atomic E-state index is 6.42. The van der Waals surface area contributed by atoms with E-state index in [-0.39, 0.29) is 10.8 Å². The normalized spacial score (nSPS) is 13.6. The number of hydrogen-bond donors (Lipinski definition) is 0. The zero-order valence-corrected chi connectivity index (χ0v) is 41.0. The van der Waals surface area contributed by atoms with E-state index < -0.39 is 0 Å². The molecule has 0 unspecified atom stereocenters.